The van der Waals surface area contributed by atoms with Gasteiger partial charge in [0.1, 0.15) is 0 Å². The highest BCUT2D eigenvalue weighted by Gasteiger charge is 2.08. The van der Waals surface area contributed by atoms with E-state index >= 15 is 0 Å². The average molecular weight is 383 g/mol. The lowest BCUT2D eigenvalue weighted by Gasteiger charge is -2.01. The van der Waals surface area contributed by atoms with Crippen LogP contribution in [0.5, 0.6) is 0 Å². The molecule has 0 spiro atoms. The van der Waals surface area contributed by atoms with Crippen LogP contribution in [-0.4, -0.2) is 4.98 Å². The van der Waals surface area contributed by atoms with Gasteiger partial charge in [0.2, 0.25) is 0 Å². The fourth-order valence-electron chi connectivity index (χ4n) is 1.82. The minimum absolute atomic E-state index is 1.10. The normalized spacial score (nSPS) is 11.0. The maximum absolute atomic E-state index is 3.61. The van der Waals surface area contributed by atoms with Crippen LogP contribution in [0.4, 0.5) is 0 Å². The van der Waals surface area contributed by atoms with Gasteiger partial charge in [-0.05, 0) is 36.4 Å². The minimum Gasteiger partial charge on any atom is -0.360 e. The van der Waals surface area contributed by atoms with Crippen LogP contribution in [0.3, 0.4) is 0 Å². The minimum atomic E-state index is 1.10. The fourth-order valence-corrected chi connectivity index (χ4v) is 3.76. The van der Waals surface area contributed by atoms with Gasteiger partial charge in [0.05, 0.1) is 0 Å². The van der Waals surface area contributed by atoms with Gasteiger partial charge in [-0.1, -0.05) is 49.7 Å². The van der Waals surface area contributed by atoms with E-state index in [0.29, 0.717) is 0 Å². The predicted molar refractivity (Wildman–Crippen MR) is 84.3 cm³/mol. The van der Waals surface area contributed by atoms with Crippen LogP contribution >= 0.6 is 43.6 Å². The lowest BCUT2D eigenvalue weighted by molar-refractivity contribution is 1.39. The number of aromatic amines is 1. The van der Waals surface area contributed by atoms with E-state index < -0.39 is 0 Å². The number of fused-ring (bicyclic) bond motifs is 1. The molecule has 0 unspecified atom stereocenters. The van der Waals surface area contributed by atoms with E-state index in [0.717, 1.165) is 14.5 Å². The van der Waals surface area contributed by atoms with Gasteiger partial charge in [-0.2, -0.15) is 0 Å². The third-order valence-corrected chi connectivity index (χ3v) is 4.90. The van der Waals surface area contributed by atoms with Gasteiger partial charge in [-0.25, -0.2) is 0 Å². The summed E-state index contributed by atoms with van der Waals surface area (Å²) >= 11 is 8.83. The Morgan fingerprint density at radius 3 is 2.50 bits per heavy atom. The van der Waals surface area contributed by atoms with E-state index in [2.05, 4.69) is 79.4 Å². The molecule has 90 valence electrons. The second-order valence-electron chi connectivity index (χ2n) is 3.87. The number of aromatic nitrogens is 1. The van der Waals surface area contributed by atoms with E-state index in [1.807, 2.05) is 6.07 Å². The molecule has 0 fully saturated rings. The molecule has 3 rings (SSSR count). The van der Waals surface area contributed by atoms with Gasteiger partial charge in [0.25, 0.3) is 0 Å². The lowest BCUT2D eigenvalue weighted by atomic mass is 10.2. The van der Waals surface area contributed by atoms with Crippen LogP contribution < -0.4 is 0 Å². The smallest absolute Gasteiger partial charge is 0.0477 e. The van der Waals surface area contributed by atoms with Gasteiger partial charge >= 0.3 is 0 Å². The second-order valence-corrected chi connectivity index (χ2v) is 6.76. The maximum Gasteiger partial charge on any atom is 0.0477 e. The molecule has 1 aromatic heterocycles. The molecule has 3 aromatic rings. The summed E-state index contributed by atoms with van der Waals surface area (Å²) in [4.78, 5) is 5.77. The first-order valence-corrected chi connectivity index (χ1v) is 7.83. The number of hydrogen-bond acceptors (Lipinski definition) is 1. The largest absolute Gasteiger partial charge is 0.360 e. The van der Waals surface area contributed by atoms with E-state index in [9.17, 15) is 0 Å². The summed E-state index contributed by atoms with van der Waals surface area (Å²) in [6.07, 6.45) is 2.06. The fraction of sp³-hybridized carbons (Fsp3) is 0. The Hall–Kier alpha value is -0.710. The van der Waals surface area contributed by atoms with Crippen molar-refractivity contribution in [1.82, 2.24) is 4.98 Å². The highest BCUT2D eigenvalue weighted by Crippen LogP contribution is 2.37. The molecule has 1 nitrogen and oxygen atoms in total. The third-order valence-electron chi connectivity index (χ3n) is 2.66. The molecule has 18 heavy (non-hydrogen) atoms. The summed E-state index contributed by atoms with van der Waals surface area (Å²) in [5, 5.41) is 1.24. The van der Waals surface area contributed by atoms with Crippen molar-refractivity contribution in [2.45, 2.75) is 9.79 Å². The van der Waals surface area contributed by atoms with Crippen LogP contribution in [0, 0.1) is 0 Å². The van der Waals surface area contributed by atoms with Crippen molar-refractivity contribution in [2.24, 2.45) is 0 Å². The first-order chi connectivity index (χ1) is 8.74. The Balaban J connectivity index is 2.02. The molecule has 0 radical (unpaired) electrons. The Kier molecular flexibility index (Phi) is 3.50. The summed E-state index contributed by atoms with van der Waals surface area (Å²) in [5.41, 5.74) is 1.16. The van der Waals surface area contributed by atoms with E-state index in [4.69, 9.17) is 0 Å². The molecule has 4 heteroatoms. The van der Waals surface area contributed by atoms with Crippen molar-refractivity contribution in [1.29, 1.82) is 0 Å². The van der Waals surface area contributed by atoms with Crippen LogP contribution in [0.25, 0.3) is 10.9 Å². The number of rotatable bonds is 2. The number of halogens is 2. The van der Waals surface area contributed by atoms with Crippen molar-refractivity contribution >= 4 is 54.5 Å². The highest BCUT2D eigenvalue weighted by molar-refractivity contribution is 9.11. The van der Waals surface area contributed by atoms with Gasteiger partial charge in [0, 0.05) is 35.8 Å². The zero-order valence-electron chi connectivity index (χ0n) is 9.28. The summed E-state index contributed by atoms with van der Waals surface area (Å²) in [6, 6.07) is 14.6. The average Bonchev–Trinajstić information content (AvgIpc) is 2.77. The van der Waals surface area contributed by atoms with E-state index in [1.54, 1.807) is 11.8 Å². The third kappa shape index (κ3) is 2.37. The molecule has 0 atom stereocenters. The summed E-state index contributed by atoms with van der Waals surface area (Å²) in [6.45, 7) is 0. The van der Waals surface area contributed by atoms with Gasteiger partial charge in [0.15, 0.2) is 0 Å². The lowest BCUT2D eigenvalue weighted by Crippen LogP contribution is -1.73. The molecular weight excluding hydrogens is 374 g/mol. The topological polar surface area (TPSA) is 15.8 Å². The van der Waals surface area contributed by atoms with E-state index in [-0.39, 0.29) is 0 Å². The predicted octanol–water partition coefficient (Wildman–Crippen LogP) is 5.84. The molecule has 0 aliphatic carbocycles. The number of H-pyrrole nitrogens is 1. The molecule has 2 aromatic carbocycles. The van der Waals surface area contributed by atoms with Gasteiger partial charge in [-0.3, -0.25) is 0 Å². The van der Waals surface area contributed by atoms with Gasteiger partial charge in [-0.15, -0.1) is 0 Å². The van der Waals surface area contributed by atoms with Crippen molar-refractivity contribution in [3.8, 4) is 0 Å². The van der Waals surface area contributed by atoms with Crippen molar-refractivity contribution in [2.75, 3.05) is 0 Å². The quantitative estimate of drug-likeness (QED) is 0.588. The van der Waals surface area contributed by atoms with Crippen LogP contribution in [0.2, 0.25) is 0 Å². The Labute approximate surface area is 126 Å². The molecule has 1 N–H and O–H groups in total. The summed E-state index contributed by atoms with van der Waals surface area (Å²) < 4.78 is 2.23. The molecule has 1 heterocycles. The SMILES string of the molecule is Brc1ccc(Sc2c[nH]c3cccc(Br)c23)cc1. The van der Waals surface area contributed by atoms with Crippen LogP contribution in [0.15, 0.2) is 67.4 Å². The van der Waals surface area contributed by atoms with Crippen molar-refractivity contribution < 1.29 is 0 Å². The first-order valence-electron chi connectivity index (χ1n) is 5.43. The summed E-state index contributed by atoms with van der Waals surface area (Å²) in [5.74, 6) is 0. The molecule has 0 saturated heterocycles. The molecule has 0 aliphatic heterocycles. The van der Waals surface area contributed by atoms with Gasteiger partial charge < -0.3 is 4.98 Å². The molecule has 0 aliphatic rings. The first kappa shape index (κ1) is 12.3. The Morgan fingerprint density at radius 1 is 0.944 bits per heavy atom. The maximum atomic E-state index is 3.61. The Bertz CT molecular complexity index is 689. The van der Waals surface area contributed by atoms with E-state index in [1.165, 1.54) is 15.2 Å². The van der Waals surface area contributed by atoms with Crippen LogP contribution in [-0.2, 0) is 0 Å². The monoisotopic (exact) mass is 381 g/mol. The molecular formula is C14H9Br2NS. The molecule has 0 bridgehead atoms. The number of hydrogen-bond donors (Lipinski definition) is 1. The zero-order valence-corrected chi connectivity index (χ0v) is 13.3. The van der Waals surface area contributed by atoms with Crippen LogP contribution in [0.1, 0.15) is 0 Å². The Morgan fingerprint density at radius 2 is 1.72 bits per heavy atom. The highest BCUT2D eigenvalue weighted by atomic mass is 79.9. The van der Waals surface area contributed by atoms with Crippen molar-refractivity contribution in [3.63, 3.8) is 0 Å². The van der Waals surface area contributed by atoms with Crippen molar-refractivity contribution in [3.05, 3.63) is 57.6 Å². The second kappa shape index (κ2) is 5.11. The standard InChI is InChI=1S/C14H9Br2NS/c15-9-4-6-10(7-5-9)18-13-8-17-12-3-1-2-11(16)14(12)13/h1-8,17H. The summed E-state index contributed by atoms with van der Waals surface area (Å²) in [7, 11) is 0. The zero-order chi connectivity index (χ0) is 12.5. The number of benzene rings is 2. The molecule has 0 saturated carbocycles. The molecule has 0 amide bonds. The number of nitrogens with one attached hydrogen (secondary N) is 1.